The Bertz CT molecular complexity index is 90.3. The van der Waals surface area contributed by atoms with Gasteiger partial charge >= 0.3 is 0 Å². The summed E-state index contributed by atoms with van der Waals surface area (Å²) in [5.74, 6) is 0. The highest BCUT2D eigenvalue weighted by Gasteiger charge is 1.67. The second-order valence-electron chi connectivity index (χ2n) is 1.13. The molecule has 0 spiro atoms. The first kappa shape index (κ1) is 7.31. The molecule has 0 aromatic carbocycles. The maximum atomic E-state index is 4.02. The molecule has 0 amide bonds. The minimum atomic E-state index is 1.01. The lowest BCUT2D eigenvalue weighted by molar-refractivity contribution is 1.69. The van der Waals surface area contributed by atoms with Crippen molar-refractivity contribution in [1.82, 2.24) is 0 Å². The first-order chi connectivity index (χ1) is 3.27. The van der Waals surface area contributed by atoms with Crippen LogP contribution in [0, 0.1) is 0 Å². The van der Waals surface area contributed by atoms with Crippen LogP contribution in [0.2, 0.25) is 0 Å². The predicted molar refractivity (Wildman–Crippen MR) is 40.8 cm³/mol. The average Bonchev–Trinajstić information content (AvgIpc) is 1.61. The van der Waals surface area contributed by atoms with Crippen molar-refractivity contribution >= 4 is 28.6 Å². The monoisotopic (exact) mass is 178 g/mol. The molecule has 0 aliphatic rings. The normalized spacial score (nSPS) is 13.3. The van der Waals surface area contributed by atoms with Gasteiger partial charge in [0, 0.05) is 0 Å². The van der Waals surface area contributed by atoms with Crippen LogP contribution in [-0.4, -0.2) is 0 Å². The summed E-state index contributed by atoms with van der Waals surface area (Å²) >= 11 is 7.14. The molecule has 0 rings (SSSR count). The van der Waals surface area contributed by atoms with Crippen LogP contribution in [-0.2, 0) is 0 Å². The van der Waals surface area contributed by atoms with Gasteiger partial charge in [-0.05, 0) is 16.8 Å². The summed E-state index contributed by atoms with van der Waals surface area (Å²) in [5.41, 5.74) is 0. The van der Waals surface area contributed by atoms with Gasteiger partial charge in [0.15, 0.2) is 0 Å². The molecular weight excluding hydrogens is 172 g/mol. The molecule has 0 bridgehead atoms. The van der Waals surface area contributed by atoms with Gasteiger partial charge in [-0.25, -0.2) is 0 Å². The lowest BCUT2D eigenvalue weighted by Crippen LogP contribution is -1.50. The van der Waals surface area contributed by atoms with Crippen molar-refractivity contribution in [3.05, 3.63) is 22.0 Å². The van der Waals surface area contributed by atoms with Crippen LogP contribution in [0.5, 0.6) is 0 Å². The SMILES string of the molecule is C/C(S)=C/C=C/Br. The molecule has 0 radical (unpaired) electrons. The summed E-state index contributed by atoms with van der Waals surface area (Å²) in [6, 6.07) is 0. The van der Waals surface area contributed by atoms with Crippen LogP contribution in [0.25, 0.3) is 0 Å². The molecule has 0 heterocycles. The van der Waals surface area contributed by atoms with E-state index < -0.39 is 0 Å². The van der Waals surface area contributed by atoms with Crippen LogP contribution < -0.4 is 0 Å². The van der Waals surface area contributed by atoms with Gasteiger partial charge in [-0.15, -0.1) is 12.6 Å². The highest BCUT2D eigenvalue weighted by atomic mass is 79.9. The van der Waals surface area contributed by atoms with E-state index in [9.17, 15) is 0 Å². The van der Waals surface area contributed by atoms with Gasteiger partial charge in [0.25, 0.3) is 0 Å². The Kier molecular flexibility index (Phi) is 4.67. The molecule has 0 saturated carbocycles. The summed E-state index contributed by atoms with van der Waals surface area (Å²) in [6.07, 6.45) is 3.78. The minimum Gasteiger partial charge on any atom is -0.148 e. The van der Waals surface area contributed by atoms with Crippen LogP contribution >= 0.6 is 28.6 Å². The zero-order chi connectivity index (χ0) is 5.70. The van der Waals surface area contributed by atoms with E-state index >= 15 is 0 Å². The summed E-state index contributed by atoms with van der Waals surface area (Å²) < 4.78 is 0. The fourth-order valence-corrected chi connectivity index (χ4v) is 0.414. The third-order valence-electron chi connectivity index (χ3n) is 0.410. The van der Waals surface area contributed by atoms with Crippen molar-refractivity contribution in [2.45, 2.75) is 6.92 Å². The van der Waals surface area contributed by atoms with Crippen LogP contribution in [0.4, 0.5) is 0 Å². The zero-order valence-corrected chi connectivity index (χ0v) is 6.54. The van der Waals surface area contributed by atoms with E-state index in [1.165, 1.54) is 0 Å². The average molecular weight is 179 g/mol. The molecule has 0 unspecified atom stereocenters. The minimum absolute atomic E-state index is 1.01. The molecule has 0 atom stereocenters. The van der Waals surface area contributed by atoms with E-state index in [1.807, 2.05) is 19.1 Å². The highest BCUT2D eigenvalue weighted by molar-refractivity contribution is 9.11. The maximum absolute atomic E-state index is 4.02. The second-order valence-corrected chi connectivity index (χ2v) is 2.36. The molecule has 40 valence electrons. The van der Waals surface area contributed by atoms with E-state index in [2.05, 4.69) is 28.6 Å². The molecule has 0 aromatic heterocycles. The van der Waals surface area contributed by atoms with Gasteiger partial charge in [-0.3, -0.25) is 0 Å². The van der Waals surface area contributed by atoms with Gasteiger partial charge in [0.2, 0.25) is 0 Å². The van der Waals surface area contributed by atoms with E-state index in [0.29, 0.717) is 0 Å². The summed E-state index contributed by atoms with van der Waals surface area (Å²) in [7, 11) is 0. The van der Waals surface area contributed by atoms with Crippen LogP contribution in [0.15, 0.2) is 22.0 Å². The van der Waals surface area contributed by atoms with Crippen LogP contribution in [0.1, 0.15) is 6.92 Å². The number of hydrogen-bond donors (Lipinski definition) is 1. The standard InChI is InChI=1S/C5H7BrS/c1-5(7)3-2-4-6/h2-4,7H,1H3/b4-2+,5-3-. The van der Waals surface area contributed by atoms with Crippen molar-refractivity contribution in [2.75, 3.05) is 0 Å². The van der Waals surface area contributed by atoms with Gasteiger partial charge in [-0.1, -0.05) is 28.1 Å². The maximum Gasteiger partial charge on any atom is -0.0189 e. The number of thiol groups is 1. The number of allylic oxidation sites excluding steroid dienone is 3. The molecule has 0 aliphatic carbocycles. The molecule has 0 aliphatic heterocycles. The van der Waals surface area contributed by atoms with E-state index in [-0.39, 0.29) is 0 Å². The Balaban J connectivity index is 3.46. The highest BCUT2D eigenvalue weighted by Crippen LogP contribution is 1.96. The van der Waals surface area contributed by atoms with Crippen molar-refractivity contribution in [1.29, 1.82) is 0 Å². The Morgan fingerprint density at radius 2 is 2.29 bits per heavy atom. The first-order valence-electron chi connectivity index (χ1n) is 1.90. The van der Waals surface area contributed by atoms with Gasteiger partial charge < -0.3 is 0 Å². The fraction of sp³-hybridized carbons (Fsp3) is 0.200. The number of halogens is 1. The fourth-order valence-electron chi connectivity index (χ4n) is 0.176. The molecule has 0 nitrogen and oxygen atoms in total. The van der Waals surface area contributed by atoms with E-state index in [4.69, 9.17) is 0 Å². The molecule has 2 heteroatoms. The lowest BCUT2D eigenvalue weighted by atomic mass is 10.5. The largest absolute Gasteiger partial charge is 0.148 e. The molecule has 7 heavy (non-hydrogen) atoms. The zero-order valence-electron chi connectivity index (χ0n) is 4.06. The molecular formula is C5H7BrS. The van der Waals surface area contributed by atoms with Crippen molar-refractivity contribution < 1.29 is 0 Å². The van der Waals surface area contributed by atoms with Crippen molar-refractivity contribution in [3.63, 3.8) is 0 Å². The molecule has 0 N–H and O–H groups in total. The molecule has 0 saturated heterocycles. The molecule has 0 aromatic rings. The number of hydrogen-bond acceptors (Lipinski definition) is 1. The Hall–Kier alpha value is 0.310. The Labute approximate surface area is 57.8 Å². The van der Waals surface area contributed by atoms with Crippen molar-refractivity contribution in [2.24, 2.45) is 0 Å². The van der Waals surface area contributed by atoms with Gasteiger partial charge in [0.1, 0.15) is 0 Å². The summed E-state index contributed by atoms with van der Waals surface area (Å²) in [4.78, 5) is 2.79. The molecule has 0 fully saturated rings. The predicted octanol–water partition coefficient (Wildman–Crippen LogP) is 2.73. The van der Waals surface area contributed by atoms with Crippen LogP contribution in [0.3, 0.4) is 0 Å². The van der Waals surface area contributed by atoms with Crippen molar-refractivity contribution in [3.8, 4) is 0 Å². The second kappa shape index (κ2) is 4.47. The smallest absolute Gasteiger partial charge is 0.0189 e. The topological polar surface area (TPSA) is 0 Å². The first-order valence-corrected chi connectivity index (χ1v) is 3.26. The lowest BCUT2D eigenvalue weighted by Gasteiger charge is -1.76. The summed E-state index contributed by atoms with van der Waals surface area (Å²) in [5, 5.41) is 0. The van der Waals surface area contributed by atoms with E-state index in [1.54, 1.807) is 4.99 Å². The number of rotatable bonds is 1. The van der Waals surface area contributed by atoms with Gasteiger partial charge in [0.05, 0.1) is 0 Å². The third-order valence-corrected chi connectivity index (χ3v) is 0.864. The third kappa shape index (κ3) is 6.31. The Morgan fingerprint density at radius 3 is 2.43 bits per heavy atom. The quantitative estimate of drug-likeness (QED) is 0.464. The van der Waals surface area contributed by atoms with E-state index in [0.717, 1.165) is 4.91 Å². The Morgan fingerprint density at radius 1 is 1.71 bits per heavy atom. The van der Waals surface area contributed by atoms with Gasteiger partial charge in [-0.2, -0.15) is 0 Å². The summed E-state index contributed by atoms with van der Waals surface area (Å²) in [6.45, 7) is 1.93.